The highest BCUT2D eigenvalue weighted by Gasteiger charge is 2.38. The van der Waals surface area contributed by atoms with Gasteiger partial charge in [-0.05, 0) is 39.2 Å². The minimum atomic E-state index is 0.0813. The van der Waals surface area contributed by atoms with Gasteiger partial charge in [-0.25, -0.2) is 0 Å². The number of nitrogens with zero attached hydrogens (tertiary/aromatic N) is 1. The van der Waals surface area contributed by atoms with Crippen molar-refractivity contribution in [1.29, 1.82) is 0 Å². The fourth-order valence-corrected chi connectivity index (χ4v) is 2.65. The van der Waals surface area contributed by atoms with Crippen LogP contribution < -0.4 is 5.73 Å². The monoisotopic (exact) mass is 198 g/mol. The summed E-state index contributed by atoms with van der Waals surface area (Å²) in [6, 6.07) is 1.19. The lowest BCUT2D eigenvalue weighted by molar-refractivity contribution is -0.0715. The molecule has 1 saturated heterocycles. The molecule has 1 aliphatic carbocycles. The van der Waals surface area contributed by atoms with Crippen LogP contribution in [0.3, 0.4) is 0 Å². The van der Waals surface area contributed by atoms with Crippen LogP contribution in [-0.2, 0) is 4.74 Å². The number of hydrogen-bond acceptors (Lipinski definition) is 3. The Hall–Kier alpha value is -0.120. The third-order valence-electron chi connectivity index (χ3n) is 3.85. The summed E-state index contributed by atoms with van der Waals surface area (Å²) < 4.78 is 5.58. The molecule has 2 aliphatic rings. The zero-order valence-electron chi connectivity index (χ0n) is 9.33. The van der Waals surface area contributed by atoms with Crippen molar-refractivity contribution in [2.75, 3.05) is 20.2 Å². The summed E-state index contributed by atoms with van der Waals surface area (Å²) in [5, 5.41) is 0. The van der Waals surface area contributed by atoms with Gasteiger partial charge in [0.2, 0.25) is 0 Å². The van der Waals surface area contributed by atoms with Crippen molar-refractivity contribution in [3.8, 4) is 0 Å². The molecule has 82 valence electrons. The summed E-state index contributed by atoms with van der Waals surface area (Å²) in [4.78, 5) is 2.57. The Bertz CT molecular complexity index is 203. The average molecular weight is 198 g/mol. The van der Waals surface area contributed by atoms with Crippen LogP contribution in [0.15, 0.2) is 0 Å². The van der Waals surface area contributed by atoms with Crippen molar-refractivity contribution in [3.05, 3.63) is 0 Å². The first-order chi connectivity index (χ1) is 6.63. The minimum absolute atomic E-state index is 0.0813. The van der Waals surface area contributed by atoms with Gasteiger partial charge < -0.3 is 10.5 Å². The average Bonchev–Trinajstić information content (AvgIpc) is 2.13. The fourth-order valence-electron chi connectivity index (χ4n) is 2.65. The molecular formula is C11H22N2O. The molecule has 0 amide bonds. The fraction of sp³-hybridized carbons (Fsp3) is 1.00. The van der Waals surface area contributed by atoms with Gasteiger partial charge in [-0.1, -0.05) is 0 Å². The molecule has 0 aromatic heterocycles. The molecule has 1 atom stereocenters. The van der Waals surface area contributed by atoms with Crippen LogP contribution in [0, 0.1) is 0 Å². The van der Waals surface area contributed by atoms with Crippen molar-refractivity contribution in [1.82, 2.24) is 4.90 Å². The van der Waals surface area contributed by atoms with E-state index in [1.165, 1.54) is 32.2 Å². The van der Waals surface area contributed by atoms with Gasteiger partial charge in [0.1, 0.15) is 0 Å². The summed E-state index contributed by atoms with van der Waals surface area (Å²) in [5.74, 6) is 0. The van der Waals surface area contributed by atoms with E-state index in [0.29, 0.717) is 6.04 Å². The van der Waals surface area contributed by atoms with Crippen LogP contribution in [-0.4, -0.2) is 42.8 Å². The highest BCUT2D eigenvalue weighted by Crippen LogP contribution is 2.31. The van der Waals surface area contributed by atoms with Crippen LogP contribution in [0.25, 0.3) is 0 Å². The molecule has 3 nitrogen and oxygen atoms in total. The molecule has 1 saturated carbocycles. The second-order valence-corrected chi connectivity index (χ2v) is 5.11. The maximum atomic E-state index is 5.82. The summed E-state index contributed by atoms with van der Waals surface area (Å²) in [6.45, 7) is 4.54. The van der Waals surface area contributed by atoms with Gasteiger partial charge in [0, 0.05) is 25.7 Å². The van der Waals surface area contributed by atoms with Gasteiger partial charge in [0.15, 0.2) is 0 Å². The van der Waals surface area contributed by atoms with Gasteiger partial charge in [0.25, 0.3) is 0 Å². The lowest BCUT2D eigenvalue weighted by atomic mass is 9.83. The van der Waals surface area contributed by atoms with Crippen molar-refractivity contribution in [2.24, 2.45) is 5.73 Å². The Balaban J connectivity index is 1.88. The quantitative estimate of drug-likeness (QED) is 0.719. The second kappa shape index (κ2) is 3.80. The standard InChI is InChI=1S/C11H22N2O/c1-11(14-2)4-3-5-13(8-11)10-6-9(12)7-10/h9-10H,3-8,12H2,1-2H3. The molecule has 2 rings (SSSR count). The Labute approximate surface area is 86.6 Å². The van der Waals surface area contributed by atoms with Crippen LogP contribution in [0.1, 0.15) is 32.6 Å². The SMILES string of the molecule is COC1(C)CCCN(C2CC(N)C2)C1. The molecule has 2 fully saturated rings. The van der Waals surface area contributed by atoms with Crippen LogP contribution in [0.4, 0.5) is 0 Å². The highest BCUT2D eigenvalue weighted by atomic mass is 16.5. The lowest BCUT2D eigenvalue weighted by Gasteiger charge is -2.48. The Morgan fingerprint density at radius 3 is 2.71 bits per heavy atom. The molecular weight excluding hydrogens is 176 g/mol. The van der Waals surface area contributed by atoms with Crippen LogP contribution in [0.2, 0.25) is 0 Å². The zero-order chi connectivity index (χ0) is 10.2. The molecule has 14 heavy (non-hydrogen) atoms. The largest absolute Gasteiger partial charge is 0.377 e. The van der Waals surface area contributed by atoms with Gasteiger partial charge in [-0.3, -0.25) is 4.90 Å². The smallest absolute Gasteiger partial charge is 0.0777 e. The van der Waals surface area contributed by atoms with Crippen molar-refractivity contribution in [3.63, 3.8) is 0 Å². The first-order valence-electron chi connectivity index (χ1n) is 5.68. The number of hydrogen-bond donors (Lipinski definition) is 1. The van der Waals surface area contributed by atoms with Crippen LogP contribution in [0.5, 0.6) is 0 Å². The van der Waals surface area contributed by atoms with E-state index in [9.17, 15) is 0 Å². The Morgan fingerprint density at radius 2 is 2.14 bits per heavy atom. The normalized spacial score (nSPS) is 44.8. The van der Waals surface area contributed by atoms with E-state index in [1.54, 1.807) is 0 Å². The predicted octanol–water partition coefficient (Wildman–Crippen LogP) is 0.977. The number of rotatable bonds is 2. The van der Waals surface area contributed by atoms with E-state index in [1.807, 2.05) is 7.11 Å². The van der Waals surface area contributed by atoms with E-state index in [2.05, 4.69) is 11.8 Å². The molecule has 1 aliphatic heterocycles. The van der Waals surface area contributed by atoms with E-state index in [0.717, 1.165) is 12.6 Å². The first kappa shape index (κ1) is 10.4. The molecule has 1 heterocycles. The van der Waals surface area contributed by atoms with E-state index in [4.69, 9.17) is 10.5 Å². The molecule has 0 radical (unpaired) electrons. The maximum Gasteiger partial charge on any atom is 0.0777 e. The number of likely N-dealkylation sites (tertiary alicyclic amines) is 1. The molecule has 1 unspecified atom stereocenters. The Kier molecular flexibility index (Phi) is 2.82. The van der Waals surface area contributed by atoms with Gasteiger partial charge >= 0.3 is 0 Å². The molecule has 3 heteroatoms. The third kappa shape index (κ3) is 1.95. The van der Waals surface area contributed by atoms with E-state index >= 15 is 0 Å². The number of ether oxygens (including phenoxy) is 1. The topological polar surface area (TPSA) is 38.5 Å². The molecule has 0 spiro atoms. The van der Waals surface area contributed by atoms with Gasteiger partial charge in [-0.2, -0.15) is 0 Å². The summed E-state index contributed by atoms with van der Waals surface area (Å²) in [5.41, 5.74) is 5.90. The summed E-state index contributed by atoms with van der Waals surface area (Å²) >= 11 is 0. The first-order valence-corrected chi connectivity index (χ1v) is 5.68. The van der Waals surface area contributed by atoms with E-state index in [-0.39, 0.29) is 5.60 Å². The predicted molar refractivity (Wildman–Crippen MR) is 57.2 cm³/mol. The number of methoxy groups -OCH3 is 1. The lowest BCUT2D eigenvalue weighted by Crippen LogP contribution is -2.57. The van der Waals surface area contributed by atoms with Crippen molar-refractivity contribution < 1.29 is 4.74 Å². The third-order valence-corrected chi connectivity index (χ3v) is 3.85. The maximum absolute atomic E-state index is 5.82. The molecule has 0 aromatic rings. The van der Waals surface area contributed by atoms with Gasteiger partial charge in [-0.15, -0.1) is 0 Å². The number of nitrogens with two attached hydrogens (primary N) is 1. The molecule has 0 bridgehead atoms. The highest BCUT2D eigenvalue weighted by molar-refractivity contribution is 4.94. The van der Waals surface area contributed by atoms with Crippen molar-refractivity contribution in [2.45, 2.75) is 50.3 Å². The molecule has 0 aromatic carbocycles. The van der Waals surface area contributed by atoms with E-state index < -0.39 is 0 Å². The van der Waals surface area contributed by atoms with Crippen LogP contribution >= 0.6 is 0 Å². The van der Waals surface area contributed by atoms with Crippen molar-refractivity contribution >= 4 is 0 Å². The minimum Gasteiger partial charge on any atom is -0.377 e. The summed E-state index contributed by atoms with van der Waals surface area (Å²) in [6.07, 6.45) is 4.81. The second-order valence-electron chi connectivity index (χ2n) is 5.11. The van der Waals surface area contributed by atoms with Gasteiger partial charge in [0.05, 0.1) is 5.60 Å². The number of piperidine rings is 1. The Morgan fingerprint density at radius 1 is 1.43 bits per heavy atom. The zero-order valence-corrected chi connectivity index (χ0v) is 9.33. The summed E-state index contributed by atoms with van der Waals surface area (Å²) in [7, 11) is 1.83. The molecule has 2 N–H and O–H groups in total.